The van der Waals surface area contributed by atoms with E-state index in [4.69, 9.17) is 11.6 Å². The van der Waals surface area contributed by atoms with Crippen molar-refractivity contribution >= 4 is 11.6 Å². The van der Waals surface area contributed by atoms with E-state index in [1.165, 1.54) is 6.07 Å². The molecule has 19 heavy (non-hydrogen) atoms. The number of hydrogen-bond acceptors (Lipinski definition) is 2. The van der Waals surface area contributed by atoms with E-state index in [0.29, 0.717) is 5.02 Å². The van der Waals surface area contributed by atoms with Crippen molar-refractivity contribution in [2.75, 3.05) is 26.2 Å². The van der Waals surface area contributed by atoms with E-state index in [2.05, 4.69) is 31.0 Å². The van der Waals surface area contributed by atoms with Crippen LogP contribution in [0.15, 0.2) is 18.2 Å². The molecule has 1 fully saturated rings. The Bertz CT molecular complexity index is 436. The fraction of sp³-hybridized carbons (Fsp3) is 0.600. The minimum absolute atomic E-state index is 0.00870. The van der Waals surface area contributed by atoms with Crippen molar-refractivity contribution in [3.8, 4) is 0 Å². The summed E-state index contributed by atoms with van der Waals surface area (Å²) >= 11 is 6.31. The van der Waals surface area contributed by atoms with Gasteiger partial charge < -0.3 is 5.32 Å². The smallest absolute Gasteiger partial charge is 0.123 e. The zero-order valence-corrected chi connectivity index (χ0v) is 12.6. The monoisotopic (exact) mass is 284 g/mol. The Morgan fingerprint density at radius 2 is 1.89 bits per heavy atom. The number of rotatable bonds is 2. The minimum Gasteiger partial charge on any atom is -0.314 e. The molecule has 4 heteroatoms. The molecule has 106 valence electrons. The van der Waals surface area contributed by atoms with Crippen molar-refractivity contribution < 1.29 is 4.39 Å². The second-order valence-electron chi connectivity index (χ2n) is 6.22. The van der Waals surface area contributed by atoms with Gasteiger partial charge in [-0.15, -0.1) is 0 Å². The van der Waals surface area contributed by atoms with E-state index in [1.807, 2.05) is 0 Å². The van der Waals surface area contributed by atoms with Crippen LogP contribution >= 0.6 is 11.6 Å². The summed E-state index contributed by atoms with van der Waals surface area (Å²) in [7, 11) is 0. The topological polar surface area (TPSA) is 15.3 Å². The first-order valence-electron chi connectivity index (χ1n) is 6.79. The van der Waals surface area contributed by atoms with E-state index in [9.17, 15) is 4.39 Å². The maximum absolute atomic E-state index is 13.6. The molecule has 0 amide bonds. The molecular weight excluding hydrogens is 263 g/mol. The highest BCUT2D eigenvalue weighted by atomic mass is 35.5. The van der Waals surface area contributed by atoms with E-state index in [0.717, 1.165) is 31.7 Å². The summed E-state index contributed by atoms with van der Waals surface area (Å²) in [5, 5.41) is 4.00. The average Bonchev–Trinajstić information content (AvgIpc) is 2.33. The molecule has 2 nitrogen and oxygen atoms in total. The maximum Gasteiger partial charge on any atom is 0.123 e. The Labute approximate surface area is 119 Å². The number of halogens is 2. The predicted molar refractivity (Wildman–Crippen MR) is 78.0 cm³/mol. The summed E-state index contributed by atoms with van der Waals surface area (Å²) in [5.74, 6) is -0.219. The van der Waals surface area contributed by atoms with Gasteiger partial charge in [-0.3, -0.25) is 4.90 Å². The molecule has 0 aromatic heterocycles. The lowest BCUT2D eigenvalue weighted by molar-refractivity contribution is 0.0861. The van der Waals surface area contributed by atoms with Crippen LogP contribution in [0.3, 0.4) is 0 Å². The predicted octanol–water partition coefficient (Wildman–Crippen LogP) is 3.47. The van der Waals surface area contributed by atoms with Crippen LogP contribution in [0.2, 0.25) is 5.02 Å². The van der Waals surface area contributed by atoms with Gasteiger partial charge in [0.25, 0.3) is 0 Å². The number of nitrogens with zero attached hydrogens (tertiary/aromatic N) is 1. The number of hydrogen-bond donors (Lipinski definition) is 1. The minimum atomic E-state index is -0.219. The Kier molecular flexibility index (Phi) is 4.49. The molecular formula is C15H22ClFN2. The molecule has 0 unspecified atom stereocenters. The van der Waals surface area contributed by atoms with Crippen LogP contribution in [0, 0.1) is 11.2 Å². The highest BCUT2D eigenvalue weighted by Gasteiger charge is 2.33. The average molecular weight is 285 g/mol. The molecule has 1 aliphatic rings. The van der Waals surface area contributed by atoms with Gasteiger partial charge in [0.05, 0.1) is 0 Å². The van der Waals surface area contributed by atoms with Crippen LogP contribution in [0.25, 0.3) is 0 Å². The van der Waals surface area contributed by atoms with Gasteiger partial charge in [-0.25, -0.2) is 4.39 Å². The molecule has 0 radical (unpaired) electrons. The van der Waals surface area contributed by atoms with E-state index < -0.39 is 0 Å². The highest BCUT2D eigenvalue weighted by molar-refractivity contribution is 6.31. The quantitative estimate of drug-likeness (QED) is 0.895. The summed E-state index contributed by atoms with van der Waals surface area (Å²) in [6, 6.07) is 4.80. The number of piperazine rings is 1. The zero-order chi connectivity index (χ0) is 14.0. The van der Waals surface area contributed by atoms with Gasteiger partial charge in [0.2, 0.25) is 0 Å². The van der Waals surface area contributed by atoms with Gasteiger partial charge in [-0.2, -0.15) is 0 Å². The number of benzene rings is 1. The summed E-state index contributed by atoms with van der Waals surface area (Å²) in [5.41, 5.74) is 0.908. The van der Waals surface area contributed by atoms with Gasteiger partial charge in [0.1, 0.15) is 5.82 Å². The van der Waals surface area contributed by atoms with Crippen molar-refractivity contribution in [3.63, 3.8) is 0 Å². The molecule has 2 rings (SSSR count). The Balaban J connectivity index is 2.39. The number of nitrogens with one attached hydrogen (secondary N) is 1. The Morgan fingerprint density at radius 3 is 2.47 bits per heavy atom. The van der Waals surface area contributed by atoms with Crippen molar-refractivity contribution in [2.24, 2.45) is 5.41 Å². The largest absolute Gasteiger partial charge is 0.314 e. The molecule has 1 saturated heterocycles. The fourth-order valence-corrected chi connectivity index (χ4v) is 3.10. The Hall–Kier alpha value is -0.640. The van der Waals surface area contributed by atoms with Gasteiger partial charge in [0.15, 0.2) is 0 Å². The van der Waals surface area contributed by atoms with Gasteiger partial charge in [-0.05, 0) is 29.2 Å². The zero-order valence-electron chi connectivity index (χ0n) is 11.8. The normalized spacial score (nSPS) is 19.4. The third-order valence-electron chi connectivity index (χ3n) is 3.59. The van der Waals surface area contributed by atoms with E-state index in [-0.39, 0.29) is 17.3 Å². The molecule has 1 atom stereocenters. The molecule has 1 heterocycles. The summed E-state index contributed by atoms with van der Waals surface area (Å²) in [4.78, 5) is 2.40. The van der Waals surface area contributed by atoms with Crippen LogP contribution in [0.4, 0.5) is 4.39 Å². The van der Waals surface area contributed by atoms with Crippen LogP contribution < -0.4 is 5.32 Å². The van der Waals surface area contributed by atoms with Crippen molar-refractivity contribution in [3.05, 3.63) is 34.6 Å². The van der Waals surface area contributed by atoms with Gasteiger partial charge >= 0.3 is 0 Å². The lowest BCUT2D eigenvalue weighted by Crippen LogP contribution is -2.48. The summed E-state index contributed by atoms with van der Waals surface area (Å²) in [6.45, 7) is 10.4. The van der Waals surface area contributed by atoms with E-state index >= 15 is 0 Å². The lowest BCUT2D eigenvalue weighted by atomic mass is 9.81. The molecule has 1 aliphatic heterocycles. The van der Waals surface area contributed by atoms with Gasteiger partial charge in [-0.1, -0.05) is 32.4 Å². The molecule has 0 aliphatic carbocycles. The first-order chi connectivity index (χ1) is 8.89. The van der Waals surface area contributed by atoms with Crippen molar-refractivity contribution in [1.29, 1.82) is 0 Å². The lowest BCUT2D eigenvalue weighted by Gasteiger charge is -2.43. The molecule has 0 spiro atoms. The molecule has 1 aromatic rings. The fourth-order valence-electron chi connectivity index (χ4n) is 2.88. The highest BCUT2D eigenvalue weighted by Crippen LogP contribution is 2.41. The summed E-state index contributed by atoms with van der Waals surface area (Å²) < 4.78 is 13.6. The molecule has 1 N–H and O–H groups in total. The molecule has 0 bridgehead atoms. The first kappa shape index (κ1) is 14.8. The van der Waals surface area contributed by atoms with Gasteiger partial charge in [0, 0.05) is 37.2 Å². The second kappa shape index (κ2) is 5.78. The van der Waals surface area contributed by atoms with Crippen LogP contribution in [0.5, 0.6) is 0 Å². The second-order valence-corrected chi connectivity index (χ2v) is 6.63. The van der Waals surface area contributed by atoms with E-state index in [1.54, 1.807) is 12.1 Å². The van der Waals surface area contributed by atoms with Crippen LogP contribution in [-0.4, -0.2) is 31.1 Å². The van der Waals surface area contributed by atoms with Crippen molar-refractivity contribution in [1.82, 2.24) is 10.2 Å². The standard InChI is InChI=1S/C15H22ClFN2/c1-15(2,3)14(19-8-6-18-7-9-19)12-10-11(17)4-5-13(12)16/h4-5,10,14,18H,6-9H2,1-3H3/t14-/m0/s1. The third kappa shape index (κ3) is 3.47. The SMILES string of the molecule is CC(C)(C)[C@H](c1cc(F)ccc1Cl)N1CCNCC1. The maximum atomic E-state index is 13.6. The van der Waals surface area contributed by atoms with Crippen LogP contribution in [-0.2, 0) is 0 Å². The summed E-state index contributed by atoms with van der Waals surface area (Å²) in [6.07, 6.45) is 0. The molecule has 1 aromatic carbocycles. The van der Waals surface area contributed by atoms with Crippen LogP contribution in [0.1, 0.15) is 32.4 Å². The van der Waals surface area contributed by atoms with Crippen molar-refractivity contribution in [2.45, 2.75) is 26.8 Å². The molecule has 0 saturated carbocycles. The Morgan fingerprint density at radius 1 is 1.26 bits per heavy atom. The third-order valence-corrected chi connectivity index (χ3v) is 3.93. The first-order valence-corrected chi connectivity index (χ1v) is 7.17.